The molecule has 0 unspecified atom stereocenters. The van der Waals surface area contributed by atoms with Gasteiger partial charge in [0.25, 0.3) is 0 Å². The number of hydrogen-bond donors (Lipinski definition) is 1. The van der Waals surface area contributed by atoms with Crippen molar-refractivity contribution in [2.24, 2.45) is 7.05 Å². The Balaban J connectivity index is 1.65. The molecule has 0 spiro atoms. The van der Waals surface area contributed by atoms with Crippen LogP contribution in [0, 0.1) is 11.3 Å². The van der Waals surface area contributed by atoms with Crippen LogP contribution < -0.4 is 10.6 Å². The Morgan fingerprint density at radius 2 is 1.96 bits per heavy atom. The molecule has 1 atom stereocenters. The Hall–Kier alpha value is -5.23. The number of quaternary nitrogens is 1. The molecule has 3 heterocycles. The summed E-state index contributed by atoms with van der Waals surface area (Å²) in [5.41, 5.74) is 0.338. The smallest absolute Gasteiger partial charge is 0.416 e. The lowest BCUT2D eigenvalue weighted by atomic mass is 9.89. The normalized spacial score (nSPS) is 15.2. The average molecular weight is 623 g/mol. The molecule has 0 fully saturated rings. The van der Waals surface area contributed by atoms with Gasteiger partial charge >= 0.3 is 17.8 Å². The number of likely N-dealkylation sites (N-methyl/N-ethyl adjacent to an activating group) is 1. The van der Waals surface area contributed by atoms with Gasteiger partial charge < -0.3 is 9.22 Å². The maximum atomic E-state index is 13.6. The number of carbonyl (C=O) groups excluding carboxylic acids is 1. The second-order valence-corrected chi connectivity index (χ2v) is 11.4. The number of aromatic amines is 1. The standard InChI is InChI=1S/C30H30F3N9O3/c1-18-25(27(43)45-5)26(41-28(37-38-29(41)44)40(18)22-8-6-7-21(14-22)30(31,32)33)23-10-9-19(15-34)13-20(23)11-12-42(3,4)16-24-35-17-36-39(24)2/h6-10,13-14,17,26H,11-12,16H2,1-5H3/p+1/t26-/m1/s1. The summed E-state index contributed by atoms with van der Waals surface area (Å²) in [7, 11) is 7.05. The lowest BCUT2D eigenvalue weighted by Gasteiger charge is -2.36. The van der Waals surface area contributed by atoms with Crippen LogP contribution in [0.1, 0.15) is 41.0 Å². The number of methoxy groups -OCH3 is 1. The van der Waals surface area contributed by atoms with Crippen LogP contribution in [0.5, 0.6) is 0 Å². The minimum atomic E-state index is -4.63. The molecule has 1 aliphatic heterocycles. The lowest BCUT2D eigenvalue weighted by molar-refractivity contribution is -0.904. The van der Waals surface area contributed by atoms with Crippen LogP contribution in [-0.2, 0) is 35.7 Å². The van der Waals surface area contributed by atoms with Gasteiger partial charge in [0.2, 0.25) is 5.95 Å². The average Bonchev–Trinajstić information content (AvgIpc) is 3.58. The first-order chi connectivity index (χ1) is 21.3. The summed E-state index contributed by atoms with van der Waals surface area (Å²) in [5.74, 6) is -0.000741. The summed E-state index contributed by atoms with van der Waals surface area (Å²) in [6.07, 6.45) is -2.70. The Kier molecular flexibility index (Phi) is 8.11. The van der Waals surface area contributed by atoms with Gasteiger partial charge in [-0.2, -0.15) is 23.5 Å². The first kappa shape index (κ1) is 31.2. The van der Waals surface area contributed by atoms with Gasteiger partial charge in [0.1, 0.15) is 18.9 Å². The highest BCUT2D eigenvalue weighted by Gasteiger charge is 2.41. The fraction of sp³-hybridized carbons (Fsp3) is 0.333. The number of halogens is 3. The summed E-state index contributed by atoms with van der Waals surface area (Å²) in [6, 6.07) is 10.6. The van der Waals surface area contributed by atoms with Crippen LogP contribution in [0.25, 0.3) is 0 Å². The number of nitrogens with zero attached hydrogens (tertiary/aromatic N) is 8. The Bertz CT molecular complexity index is 1900. The van der Waals surface area contributed by atoms with Crippen molar-refractivity contribution in [3.8, 4) is 6.07 Å². The monoisotopic (exact) mass is 622 g/mol. The number of hydrogen-bond acceptors (Lipinski definition) is 8. The van der Waals surface area contributed by atoms with Crippen molar-refractivity contribution in [3.63, 3.8) is 0 Å². The van der Waals surface area contributed by atoms with Crippen molar-refractivity contribution in [2.45, 2.75) is 32.1 Å². The molecule has 0 bridgehead atoms. The van der Waals surface area contributed by atoms with Crippen molar-refractivity contribution in [3.05, 3.63) is 98.6 Å². The molecule has 0 radical (unpaired) electrons. The summed E-state index contributed by atoms with van der Waals surface area (Å²) >= 11 is 0. The van der Waals surface area contributed by atoms with E-state index in [1.807, 2.05) is 21.1 Å². The molecular weight excluding hydrogens is 591 g/mol. The minimum absolute atomic E-state index is 0.0109. The lowest BCUT2D eigenvalue weighted by Crippen LogP contribution is -2.42. The summed E-state index contributed by atoms with van der Waals surface area (Å²) < 4.78 is 49.5. The first-order valence-electron chi connectivity index (χ1n) is 13.9. The van der Waals surface area contributed by atoms with Crippen molar-refractivity contribution < 1.29 is 27.2 Å². The third-order valence-corrected chi connectivity index (χ3v) is 7.91. The maximum absolute atomic E-state index is 13.6. The van der Waals surface area contributed by atoms with Crippen LogP contribution >= 0.6 is 0 Å². The number of carbonyl (C=O) groups is 1. The molecule has 12 nitrogen and oxygen atoms in total. The number of anilines is 2. The molecule has 5 rings (SSSR count). The number of aromatic nitrogens is 6. The highest BCUT2D eigenvalue weighted by molar-refractivity contribution is 5.93. The first-order valence-corrected chi connectivity index (χ1v) is 13.9. The number of allylic oxidation sites excluding steroid dienone is 1. The number of nitriles is 1. The molecule has 15 heteroatoms. The van der Waals surface area contributed by atoms with Crippen LogP contribution in [0.3, 0.4) is 0 Å². The van der Waals surface area contributed by atoms with E-state index < -0.39 is 29.4 Å². The number of H-pyrrole nitrogens is 1. The van der Waals surface area contributed by atoms with Crippen LogP contribution in [0.4, 0.5) is 24.8 Å². The molecule has 4 aromatic rings. The molecular formula is C30H31F3N9O3+. The molecule has 0 saturated carbocycles. The number of rotatable bonds is 8. The zero-order valence-electron chi connectivity index (χ0n) is 25.3. The molecule has 1 aliphatic rings. The SMILES string of the molecule is COC(=O)C1=C(C)N(c2cccc(C(F)(F)F)c2)c2n[nH]c(=O)n2[C@@H]1c1ccc(C#N)cc1CC[N+](C)(C)Cc1ncnn1C. The highest BCUT2D eigenvalue weighted by Crippen LogP contribution is 2.43. The van der Waals surface area contributed by atoms with E-state index in [2.05, 4.69) is 26.3 Å². The van der Waals surface area contributed by atoms with Gasteiger partial charge in [-0.15, -0.1) is 5.10 Å². The van der Waals surface area contributed by atoms with E-state index in [1.54, 1.807) is 29.8 Å². The van der Waals surface area contributed by atoms with Crippen molar-refractivity contribution in [1.82, 2.24) is 29.5 Å². The summed E-state index contributed by atoms with van der Waals surface area (Å²) in [6.45, 7) is 2.71. The minimum Gasteiger partial charge on any atom is -0.466 e. The van der Waals surface area contributed by atoms with Crippen molar-refractivity contribution in [1.29, 1.82) is 5.26 Å². The molecule has 0 saturated heterocycles. The number of aryl methyl sites for hydroxylation is 1. The largest absolute Gasteiger partial charge is 0.466 e. The number of fused-ring (bicyclic) bond motifs is 1. The predicted molar refractivity (Wildman–Crippen MR) is 156 cm³/mol. The molecule has 0 aliphatic carbocycles. The van der Waals surface area contributed by atoms with Crippen molar-refractivity contribution >= 4 is 17.6 Å². The van der Waals surface area contributed by atoms with E-state index >= 15 is 0 Å². The van der Waals surface area contributed by atoms with Gasteiger partial charge in [0.15, 0.2) is 5.82 Å². The van der Waals surface area contributed by atoms with Gasteiger partial charge in [0.05, 0.1) is 50.5 Å². The number of ether oxygens (including phenoxy) is 1. The summed E-state index contributed by atoms with van der Waals surface area (Å²) in [5, 5.41) is 20.4. The third-order valence-electron chi connectivity index (χ3n) is 7.91. The Morgan fingerprint density at radius 1 is 1.20 bits per heavy atom. The van der Waals surface area contributed by atoms with E-state index in [-0.39, 0.29) is 22.9 Å². The van der Waals surface area contributed by atoms with Gasteiger partial charge in [-0.25, -0.2) is 28.9 Å². The number of benzene rings is 2. The second kappa shape index (κ2) is 11.7. The Morgan fingerprint density at radius 3 is 2.60 bits per heavy atom. The molecule has 2 aromatic carbocycles. The third kappa shape index (κ3) is 5.96. The highest BCUT2D eigenvalue weighted by atomic mass is 19.4. The van der Waals surface area contributed by atoms with Gasteiger partial charge in [-0.05, 0) is 48.4 Å². The second-order valence-electron chi connectivity index (χ2n) is 11.4. The van der Waals surface area contributed by atoms with Crippen LogP contribution in [0.15, 0.2) is 64.9 Å². The van der Waals surface area contributed by atoms with E-state index in [9.17, 15) is 28.0 Å². The number of alkyl halides is 3. The molecule has 234 valence electrons. The van der Waals surface area contributed by atoms with Gasteiger partial charge in [0, 0.05) is 24.9 Å². The van der Waals surface area contributed by atoms with E-state index in [1.165, 1.54) is 35.0 Å². The molecule has 45 heavy (non-hydrogen) atoms. The number of esters is 1. The zero-order chi connectivity index (χ0) is 32.7. The number of nitrogens with one attached hydrogen (secondary N) is 1. The topological polar surface area (TPSA) is 135 Å². The van der Waals surface area contributed by atoms with Gasteiger partial charge in [-0.1, -0.05) is 12.1 Å². The predicted octanol–water partition coefficient (Wildman–Crippen LogP) is 3.60. The van der Waals surface area contributed by atoms with Gasteiger partial charge in [-0.3, -0.25) is 4.90 Å². The zero-order valence-corrected chi connectivity index (χ0v) is 25.3. The van der Waals surface area contributed by atoms with E-state index in [4.69, 9.17) is 4.74 Å². The maximum Gasteiger partial charge on any atom is 0.416 e. The molecule has 1 N–H and O–H groups in total. The molecule has 0 amide bonds. The van der Waals surface area contributed by atoms with Crippen LogP contribution in [-0.4, -0.2) is 67.7 Å². The quantitative estimate of drug-likeness (QED) is 0.233. The van der Waals surface area contributed by atoms with E-state index in [0.717, 1.165) is 18.0 Å². The Labute approximate surface area is 256 Å². The summed E-state index contributed by atoms with van der Waals surface area (Å²) in [4.78, 5) is 32.5. The fourth-order valence-electron chi connectivity index (χ4n) is 5.59. The fourth-order valence-corrected chi connectivity index (χ4v) is 5.59. The van der Waals surface area contributed by atoms with E-state index in [0.29, 0.717) is 40.7 Å². The van der Waals surface area contributed by atoms with Crippen LogP contribution in [0.2, 0.25) is 0 Å². The van der Waals surface area contributed by atoms with Crippen molar-refractivity contribution in [2.75, 3.05) is 32.6 Å². The molecule has 2 aromatic heterocycles.